The molecule has 68 heavy (non-hydrogen) atoms. The first-order chi connectivity index (χ1) is 33.6. The average Bonchev–Trinajstić information content (AvgIpc) is 3.34. The van der Waals surface area contributed by atoms with Gasteiger partial charge in [-0.05, 0) is 103 Å². The predicted octanol–water partition coefficient (Wildman–Crippen LogP) is 19.6. The van der Waals surface area contributed by atoms with Crippen LogP contribution in [0.2, 0.25) is 0 Å². The van der Waals surface area contributed by atoms with Crippen molar-refractivity contribution < 1.29 is 23.8 Å². The van der Waals surface area contributed by atoms with Crippen molar-refractivity contribution in [3.63, 3.8) is 0 Å². The van der Waals surface area contributed by atoms with Gasteiger partial charge in [0.2, 0.25) is 0 Å². The molecule has 0 aromatic rings. The van der Waals surface area contributed by atoms with E-state index in [2.05, 4.69) is 130 Å². The smallest absolute Gasteiger partial charge is 0.306 e. The van der Waals surface area contributed by atoms with Crippen molar-refractivity contribution in [1.29, 1.82) is 0 Å². The van der Waals surface area contributed by atoms with Crippen LogP contribution < -0.4 is 0 Å². The van der Waals surface area contributed by atoms with Crippen LogP contribution in [0.25, 0.3) is 0 Å². The molecular formula is C63H106O5. The molecule has 1 atom stereocenters. The van der Waals surface area contributed by atoms with Gasteiger partial charge < -0.3 is 14.2 Å². The first-order valence-corrected chi connectivity index (χ1v) is 28.4. The van der Waals surface area contributed by atoms with Gasteiger partial charge in [0.05, 0.1) is 6.61 Å². The fraction of sp³-hybridized carbons (Fsp3) is 0.683. The minimum atomic E-state index is -0.572. The molecule has 0 aliphatic heterocycles. The number of allylic oxidation sites excluding steroid dienone is 18. The van der Waals surface area contributed by atoms with Crippen molar-refractivity contribution >= 4 is 11.9 Å². The van der Waals surface area contributed by atoms with E-state index in [4.69, 9.17) is 14.2 Å². The third-order valence-corrected chi connectivity index (χ3v) is 11.8. The zero-order chi connectivity index (χ0) is 49.2. The van der Waals surface area contributed by atoms with Crippen LogP contribution in [0.1, 0.15) is 252 Å². The van der Waals surface area contributed by atoms with Gasteiger partial charge in [-0.3, -0.25) is 9.59 Å². The Morgan fingerprint density at radius 3 is 1.06 bits per heavy atom. The normalized spacial score (nSPS) is 13.0. The second kappa shape index (κ2) is 57.9. The molecule has 0 saturated heterocycles. The maximum Gasteiger partial charge on any atom is 0.306 e. The summed E-state index contributed by atoms with van der Waals surface area (Å²) in [5, 5.41) is 0. The van der Waals surface area contributed by atoms with Crippen molar-refractivity contribution in [2.45, 2.75) is 258 Å². The monoisotopic (exact) mass is 943 g/mol. The number of rotatable bonds is 51. The summed E-state index contributed by atoms with van der Waals surface area (Å²) >= 11 is 0. The zero-order valence-electron chi connectivity index (χ0n) is 44.6. The second-order valence-corrected chi connectivity index (χ2v) is 18.4. The Hall–Kier alpha value is -3.44. The van der Waals surface area contributed by atoms with Crippen LogP contribution in [-0.2, 0) is 23.8 Å². The van der Waals surface area contributed by atoms with E-state index in [0.717, 1.165) is 122 Å². The van der Waals surface area contributed by atoms with Gasteiger partial charge in [0.25, 0.3) is 0 Å². The number of carbonyl (C=O) groups excluding carboxylic acids is 2. The van der Waals surface area contributed by atoms with E-state index in [1.165, 1.54) is 96.3 Å². The van der Waals surface area contributed by atoms with Crippen LogP contribution in [0, 0.1) is 0 Å². The molecule has 0 heterocycles. The molecule has 0 radical (unpaired) electrons. The summed E-state index contributed by atoms with van der Waals surface area (Å²) in [5.74, 6) is -0.450. The molecule has 0 saturated carbocycles. The van der Waals surface area contributed by atoms with Crippen LogP contribution in [0.15, 0.2) is 109 Å². The molecule has 0 aliphatic carbocycles. The first kappa shape index (κ1) is 64.6. The standard InChI is InChI=1S/C63H106O5/c1-4-7-10-13-16-19-22-25-28-31-32-34-35-38-41-44-47-50-53-56-62(64)67-60-61(59-66-58-55-52-49-46-43-40-37-30-27-24-21-18-15-12-9-6-3)68-63(65)57-54-51-48-45-42-39-36-33-29-26-23-20-17-14-11-8-5-2/h7,9-10,12,16,18-19,21,25,27-28,30,32,34,38,40-41,43,61H,4-6,8,11,13-15,17,20,22-24,26,29,31,33,35-37,39,42,44-60H2,1-3H3/b10-7-,12-9-,19-16-,21-18-,28-25-,30-27-,34-32-,41-38-,43-40-. The summed E-state index contributed by atoms with van der Waals surface area (Å²) in [7, 11) is 0. The molecule has 0 aromatic carbocycles. The largest absolute Gasteiger partial charge is 0.462 e. The predicted molar refractivity (Wildman–Crippen MR) is 297 cm³/mol. The Kier molecular flexibility index (Phi) is 54.9. The zero-order valence-corrected chi connectivity index (χ0v) is 44.6. The Morgan fingerprint density at radius 1 is 0.338 bits per heavy atom. The number of ether oxygens (including phenoxy) is 3. The van der Waals surface area contributed by atoms with Crippen LogP contribution >= 0.6 is 0 Å². The highest BCUT2D eigenvalue weighted by Crippen LogP contribution is 2.15. The molecule has 0 spiro atoms. The molecule has 0 fully saturated rings. The molecular weight excluding hydrogens is 837 g/mol. The molecule has 5 heteroatoms. The van der Waals surface area contributed by atoms with Gasteiger partial charge in [-0.25, -0.2) is 0 Å². The van der Waals surface area contributed by atoms with Gasteiger partial charge in [-0.15, -0.1) is 0 Å². The fourth-order valence-electron chi connectivity index (χ4n) is 7.65. The van der Waals surface area contributed by atoms with Gasteiger partial charge in [-0.2, -0.15) is 0 Å². The third-order valence-electron chi connectivity index (χ3n) is 11.8. The van der Waals surface area contributed by atoms with E-state index in [1.807, 2.05) is 0 Å². The highest BCUT2D eigenvalue weighted by Gasteiger charge is 2.17. The van der Waals surface area contributed by atoms with E-state index in [9.17, 15) is 9.59 Å². The molecule has 0 bridgehead atoms. The minimum absolute atomic E-state index is 0.0511. The Bertz CT molecular complexity index is 1340. The van der Waals surface area contributed by atoms with Gasteiger partial charge >= 0.3 is 11.9 Å². The van der Waals surface area contributed by atoms with Crippen LogP contribution in [0.5, 0.6) is 0 Å². The second-order valence-electron chi connectivity index (χ2n) is 18.4. The van der Waals surface area contributed by atoms with Gasteiger partial charge in [-0.1, -0.05) is 246 Å². The maximum atomic E-state index is 12.9. The van der Waals surface area contributed by atoms with E-state index in [0.29, 0.717) is 19.4 Å². The molecule has 0 aromatic heterocycles. The molecule has 5 nitrogen and oxygen atoms in total. The highest BCUT2D eigenvalue weighted by molar-refractivity contribution is 5.70. The summed E-state index contributed by atoms with van der Waals surface area (Å²) in [6.45, 7) is 7.51. The molecule has 1 unspecified atom stereocenters. The van der Waals surface area contributed by atoms with E-state index >= 15 is 0 Å². The third kappa shape index (κ3) is 55.2. The molecule has 0 rings (SSSR count). The van der Waals surface area contributed by atoms with Crippen LogP contribution in [-0.4, -0.2) is 37.9 Å². The van der Waals surface area contributed by atoms with E-state index < -0.39 is 6.10 Å². The quantitative estimate of drug-likeness (QED) is 0.0345. The average molecular weight is 944 g/mol. The van der Waals surface area contributed by atoms with Gasteiger partial charge in [0.15, 0.2) is 6.10 Å². The van der Waals surface area contributed by atoms with Crippen molar-refractivity contribution in [1.82, 2.24) is 0 Å². The molecule has 0 aliphatic rings. The topological polar surface area (TPSA) is 61.8 Å². The van der Waals surface area contributed by atoms with Gasteiger partial charge in [0.1, 0.15) is 6.61 Å². The van der Waals surface area contributed by atoms with Crippen LogP contribution in [0.3, 0.4) is 0 Å². The number of hydrogen-bond acceptors (Lipinski definition) is 5. The Balaban J connectivity index is 4.39. The fourth-order valence-corrected chi connectivity index (χ4v) is 7.65. The number of esters is 2. The highest BCUT2D eigenvalue weighted by atomic mass is 16.6. The van der Waals surface area contributed by atoms with Crippen molar-refractivity contribution in [3.05, 3.63) is 109 Å². The number of unbranched alkanes of at least 4 members (excludes halogenated alkanes) is 22. The summed E-state index contributed by atoms with van der Waals surface area (Å²) in [5.41, 5.74) is 0. The van der Waals surface area contributed by atoms with Crippen molar-refractivity contribution in [2.24, 2.45) is 0 Å². The lowest BCUT2D eigenvalue weighted by Gasteiger charge is -2.18. The SMILES string of the molecule is CC/C=C\C/C=C\C/C=C\C/C=C\C/C=C\CCCCCC(=O)OCC(COCCCCC/C=C\C/C=C\C/C=C\C/C=C\CC)OC(=O)CCCCCCCCCCCCCCCCCCC. The Labute approximate surface area is 421 Å². The lowest BCUT2D eigenvalue weighted by molar-refractivity contribution is -0.163. The Morgan fingerprint density at radius 2 is 0.662 bits per heavy atom. The van der Waals surface area contributed by atoms with Gasteiger partial charge in [0, 0.05) is 19.4 Å². The first-order valence-electron chi connectivity index (χ1n) is 28.4. The summed E-state index contributed by atoms with van der Waals surface area (Å²) in [6, 6.07) is 0. The van der Waals surface area contributed by atoms with Crippen molar-refractivity contribution in [3.8, 4) is 0 Å². The van der Waals surface area contributed by atoms with Crippen molar-refractivity contribution in [2.75, 3.05) is 19.8 Å². The molecule has 0 N–H and O–H groups in total. The molecule has 388 valence electrons. The number of carbonyl (C=O) groups is 2. The van der Waals surface area contributed by atoms with E-state index in [1.54, 1.807) is 0 Å². The van der Waals surface area contributed by atoms with E-state index in [-0.39, 0.29) is 25.2 Å². The lowest BCUT2D eigenvalue weighted by Crippen LogP contribution is -2.30. The maximum absolute atomic E-state index is 12.9. The summed E-state index contributed by atoms with van der Waals surface area (Å²) in [4.78, 5) is 25.5. The minimum Gasteiger partial charge on any atom is -0.462 e. The lowest BCUT2D eigenvalue weighted by atomic mass is 10.0. The summed E-state index contributed by atoms with van der Waals surface area (Å²) < 4.78 is 17.4. The summed E-state index contributed by atoms with van der Waals surface area (Å²) in [6.07, 6.45) is 79.7. The molecule has 0 amide bonds. The number of hydrogen-bond donors (Lipinski definition) is 0. The van der Waals surface area contributed by atoms with Crippen LogP contribution in [0.4, 0.5) is 0 Å².